The number of anilines is 2. The minimum atomic E-state index is -0.314. The molecule has 1 saturated heterocycles. The molecule has 0 radical (unpaired) electrons. The molecular weight excluding hydrogens is 346 g/mol. The number of aliphatic imine (C=N–C) groups is 1. The lowest BCUT2D eigenvalue weighted by molar-refractivity contribution is -0.115. The number of nitrogens with zero attached hydrogens (tertiary/aromatic N) is 2. The van der Waals surface area contributed by atoms with E-state index in [1.54, 1.807) is 6.21 Å². The number of benzene rings is 2. The van der Waals surface area contributed by atoms with Crippen LogP contribution in [-0.4, -0.2) is 25.2 Å². The highest BCUT2D eigenvalue weighted by molar-refractivity contribution is 6.13. The van der Waals surface area contributed by atoms with Crippen molar-refractivity contribution in [2.75, 3.05) is 23.3 Å². The zero-order valence-corrected chi connectivity index (χ0v) is 16.9. The molecule has 1 fully saturated rings. The zero-order valence-electron chi connectivity index (χ0n) is 16.9. The second-order valence-electron chi connectivity index (χ2n) is 8.01. The van der Waals surface area contributed by atoms with Gasteiger partial charge in [0.1, 0.15) is 5.92 Å². The minimum Gasteiger partial charge on any atom is -0.371 e. The summed E-state index contributed by atoms with van der Waals surface area (Å²) in [6, 6.07) is 12.4. The molecule has 0 saturated carbocycles. The number of carbonyl (C=O) groups is 1. The van der Waals surface area contributed by atoms with E-state index in [-0.39, 0.29) is 11.8 Å². The second-order valence-corrected chi connectivity index (χ2v) is 8.01. The molecule has 4 nitrogen and oxygen atoms in total. The van der Waals surface area contributed by atoms with Gasteiger partial charge in [0.05, 0.1) is 5.69 Å². The van der Waals surface area contributed by atoms with Crippen LogP contribution in [0, 0.1) is 13.8 Å². The van der Waals surface area contributed by atoms with E-state index in [0.29, 0.717) is 0 Å². The summed E-state index contributed by atoms with van der Waals surface area (Å²) < 4.78 is 0. The van der Waals surface area contributed by atoms with Crippen molar-refractivity contribution in [3.63, 3.8) is 0 Å². The molecule has 2 aromatic carbocycles. The third-order valence-electron chi connectivity index (χ3n) is 5.93. The Bertz CT molecular complexity index is 895. The fourth-order valence-corrected chi connectivity index (χ4v) is 4.41. The summed E-state index contributed by atoms with van der Waals surface area (Å²) in [5.74, 6) is -0.312. The van der Waals surface area contributed by atoms with E-state index >= 15 is 0 Å². The van der Waals surface area contributed by atoms with E-state index in [4.69, 9.17) is 0 Å². The smallest absolute Gasteiger partial charge is 0.237 e. The van der Waals surface area contributed by atoms with Crippen LogP contribution < -0.4 is 10.2 Å². The maximum absolute atomic E-state index is 12.4. The maximum Gasteiger partial charge on any atom is 0.237 e. The number of aryl methyl sites for hydroxylation is 2. The summed E-state index contributed by atoms with van der Waals surface area (Å²) in [5, 5.41) is 2.96. The van der Waals surface area contributed by atoms with Gasteiger partial charge in [-0.25, -0.2) is 0 Å². The van der Waals surface area contributed by atoms with Gasteiger partial charge in [0.25, 0.3) is 0 Å². The average Bonchev–Trinajstić information content (AvgIpc) is 2.97. The van der Waals surface area contributed by atoms with Crippen LogP contribution in [0.3, 0.4) is 0 Å². The number of rotatable bonds is 3. The van der Waals surface area contributed by atoms with Gasteiger partial charge in [0.15, 0.2) is 0 Å². The third kappa shape index (κ3) is 3.82. The summed E-state index contributed by atoms with van der Waals surface area (Å²) in [7, 11) is 0. The fraction of sp³-hybridized carbons (Fsp3) is 0.417. The average molecular weight is 376 g/mol. The van der Waals surface area contributed by atoms with Crippen molar-refractivity contribution < 1.29 is 4.79 Å². The van der Waals surface area contributed by atoms with Gasteiger partial charge in [-0.1, -0.05) is 31.4 Å². The molecule has 2 aromatic rings. The Hall–Kier alpha value is -2.62. The first-order valence-corrected chi connectivity index (χ1v) is 10.4. The number of hydrogen-bond acceptors (Lipinski definition) is 3. The minimum absolute atomic E-state index is 0.00187. The van der Waals surface area contributed by atoms with Crippen LogP contribution in [0.15, 0.2) is 41.4 Å². The lowest BCUT2D eigenvalue weighted by Crippen LogP contribution is -2.27. The fourth-order valence-electron chi connectivity index (χ4n) is 4.41. The first kappa shape index (κ1) is 18.7. The lowest BCUT2D eigenvalue weighted by atomic mass is 9.97. The molecule has 0 spiro atoms. The normalized spacial score (nSPS) is 20.0. The van der Waals surface area contributed by atoms with Gasteiger partial charge in [-0.2, -0.15) is 0 Å². The van der Waals surface area contributed by atoms with Gasteiger partial charge in [-0.05, 0) is 67.6 Å². The van der Waals surface area contributed by atoms with Crippen LogP contribution in [-0.2, 0) is 4.79 Å². The standard InChI is InChI=1S/C24H29N3O/c1-17-9-8-10-21-23(17)20(24(28)26-21)16-25-19-11-12-22(18(2)15-19)27-13-6-4-3-5-7-14-27/h8-12,15-16,20H,3-7,13-14H2,1-2H3,(H,26,28). The molecule has 2 aliphatic heterocycles. The number of fused-ring (bicyclic) bond motifs is 1. The third-order valence-corrected chi connectivity index (χ3v) is 5.93. The van der Waals surface area contributed by atoms with E-state index in [1.807, 2.05) is 25.1 Å². The molecule has 1 atom stereocenters. The van der Waals surface area contributed by atoms with Gasteiger partial charge in [0, 0.05) is 30.7 Å². The molecule has 2 heterocycles. The topological polar surface area (TPSA) is 44.7 Å². The highest BCUT2D eigenvalue weighted by Crippen LogP contribution is 2.34. The van der Waals surface area contributed by atoms with Crippen molar-refractivity contribution in [3.8, 4) is 0 Å². The monoisotopic (exact) mass is 375 g/mol. The Morgan fingerprint density at radius 1 is 1.00 bits per heavy atom. The van der Waals surface area contributed by atoms with Crippen LogP contribution in [0.5, 0.6) is 0 Å². The van der Waals surface area contributed by atoms with Gasteiger partial charge in [-0.3, -0.25) is 9.79 Å². The van der Waals surface area contributed by atoms with E-state index in [2.05, 4.69) is 40.3 Å². The van der Waals surface area contributed by atoms with E-state index < -0.39 is 0 Å². The Kier molecular flexibility index (Phi) is 5.47. The first-order valence-electron chi connectivity index (χ1n) is 10.4. The summed E-state index contributed by atoms with van der Waals surface area (Å²) in [4.78, 5) is 19.6. The molecule has 4 heteroatoms. The van der Waals surface area contributed by atoms with Gasteiger partial charge in [-0.15, -0.1) is 0 Å². The number of carbonyl (C=O) groups excluding carboxylic acids is 1. The van der Waals surface area contributed by atoms with E-state index in [9.17, 15) is 4.79 Å². The summed E-state index contributed by atoms with van der Waals surface area (Å²) in [6.07, 6.45) is 8.38. The van der Waals surface area contributed by atoms with Crippen LogP contribution >= 0.6 is 0 Å². The van der Waals surface area contributed by atoms with E-state index in [0.717, 1.165) is 35.6 Å². The molecule has 2 aliphatic rings. The predicted molar refractivity (Wildman–Crippen MR) is 117 cm³/mol. The lowest BCUT2D eigenvalue weighted by Gasteiger charge is -2.28. The zero-order chi connectivity index (χ0) is 19.5. The quantitative estimate of drug-likeness (QED) is 0.719. The maximum atomic E-state index is 12.4. The Morgan fingerprint density at radius 2 is 1.75 bits per heavy atom. The van der Waals surface area contributed by atoms with Crippen molar-refractivity contribution in [2.24, 2.45) is 4.99 Å². The molecule has 0 bridgehead atoms. The predicted octanol–water partition coefficient (Wildman–Crippen LogP) is 5.51. The molecule has 1 N–H and O–H groups in total. The Morgan fingerprint density at radius 3 is 2.50 bits per heavy atom. The number of nitrogens with one attached hydrogen (secondary N) is 1. The van der Waals surface area contributed by atoms with Gasteiger partial charge >= 0.3 is 0 Å². The molecule has 0 aliphatic carbocycles. The van der Waals surface area contributed by atoms with Crippen LogP contribution in [0.1, 0.15) is 54.7 Å². The molecule has 1 unspecified atom stereocenters. The van der Waals surface area contributed by atoms with Gasteiger partial charge in [0.2, 0.25) is 5.91 Å². The molecule has 0 aromatic heterocycles. The molecule has 1 amide bonds. The van der Waals surface area contributed by atoms with Crippen molar-refractivity contribution in [1.29, 1.82) is 0 Å². The second kappa shape index (κ2) is 8.17. The molecule has 146 valence electrons. The summed E-state index contributed by atoms with van der Waals surface area (Å²) in [6.45, 7) is 6.49. The van der Waals surface area contributed by atoms with Crippen LogP contribution in [0.25, 0.3) is 0 Å². The van der Waals surface area contributed by atoms with Crippen molar-refractivity contribution in [1.82, 2.24) is 0 Å². The van der Waals surface area contributed by atoms with Crippen molar-refractivity contribution in [2.45, 2.75) is 51.9 Å². The number of hydrogen-bond donors (Lipinski definition) is 1. The number of amides is 1. The first-order chi connectivity index (χ1) is 13.6. The Balaban J connectivity index is 1.53. The van der Waals surface area contributed by atoms with E-state index in [1.165, 1.54) is 43.4 Å². The van der Waals surface area contributed by atoms with Crippen LogP contribution in [0.4, 0.5) is 17.1 Å². The highest BCUT2D eigenvalue weighted by atomic mass is 16.2. The van der Waals surface area contributed by atoms with Crippen LogP contribution in [0.2, 0.25) is 0 Å². The van der Waals surface area contributed by atoms with Crippen molar-refractivity contribution in [3.05, 3.63) is 53.1 Å². The van der Waals surface area contributed by atoms with Gasteiger partial charge < -0.3 is 10.2 Å². The highest BCUT2D eigenvalue weighted by Gasteiger charge is 2.30. The largest absolute Gasteiger partial charge is 0.371 e. The molecule has 28 heavy (non-hydrogen) atoms. The summed E-state index contributed by atoms with van der Waals surface area (Å²) in [5.41, 5.74) is 6.55. The Labute approximate surface area is 167 Å². The SMILES string of the molecule is Cc1cc(N=CC2C(=O)Nc3cccc(C)c32)ccc1N1CCCCCCC1. The van der Waals surface area contributed by atoms with Crippen molar-refractivity contribution >= 4 is 29.2 Å². The molecule has 4 rings (SSSR count). The summed E-state index contributed by atoms with van der Waals surface area (Å²) >= 11 is 0. The molecular formula is C24H29N3O.